The van der Waals surface area contributed by atoms with Crippen molar-refractivity contribution in [2.45, 2.75) is 26.3 Å². The number of hydrogen-bond acceptors (Lipinski definition) is 4. The fourth-order valence-electron chi connectivity index (χ4n) is 2.63. The topological polar surface area (TPSA) is 51.2 Å². The van der Waals surface area contributed by atoms with E-state index < -0.39 is 5.82 Å². The normalized spacial score (nSPS) is 11.2. The van der Waals surface area contributed by atoms with Gasteiger partial charge in [-0.15, -0.1) is 11.3 Å². The van der Waals surface area contributed by atoms with E-state index in [1.165, 1.54) is 11.3 Å². The molecule has 1 heterocycles. The van der Waals surface area contributed by atoms with Gasteiger partial charge in [0.15, 0.2) is 11.6 Å². The predicted octanol–water partition coefficient (Wildman–Crippen LogP) is 5.10. The third-order valence-electron chi connectivity index (χ3n) is 4.08. The molecule has 0 fully saturated rings. The summed E-state index contributed by atoms with van der Waals surface area (Å²) >= 11 is 1.48. The van der Waals surface area contributed by atoms with E-state index in [0.29, 0.717) is 17.7 Å². The minimum Gasteiger partial charge on any atom is -0.490 e. The highest BCUT2D eigenvalue weighted by Gasteiger charge is 2.12. The van der Waals surface area contributed by atoms with E-state index >= 15 is 0 Å². The van der Waals surface area contributed by atoms with Crippen molar-refractivity contribution in [3.05, 3.63) is 71.0 Å². The summed E-state index contributed by atoms with van der Waals surface area (Å²) in [6.45, 7) is 2.51. The lowest BCUT2D eigenvalue weighted by Crippen LogP contribution is -2.23. The molecule has 0 radical (unpaired) electrons. The van der Waals surface area contributed by atoms with Crippen molar-refractivity contribution in [3.8, 4) is 5.75 Å². The zero-order valence-electron chi connectivity index (χ0n) is 15.1. The Morgan fingerprint density at radius 2 is 2.22 bits per heavy atom. The van der Waals surface area contributed by atoms with E-state index in [4.69, 9.17) is 4.74 Å². The highest BCUT2D eigenvalue weighted by molar-refractivity contribution is 7.16. The summed E-state index contributed by atoms with van der Waals surface area (Å²) in [5.41, 5.74) is 3.53. The van der Waals surface area contributed by atoms with E-state index in [1.807, 2.05) is 19.1 Å². The molecule has 0 bridgehead atoms. The first-order chi connectivity index (χ1) is 13.2. The summed E-state index contributed by atoms with van der Waals surface area (Å²) in [6, 6.07) is 10.3. The van der Waals surface area contributed by atoms with Gasteiger partial charge in [0, 0.05) is 17.7 Å². The fourth-order valence-corrected chi connectivity index (χ4v) is 3.34. The number of allylic oxidation sites excluding steroid dienone is 2. The monoisotopic (exact) mass is 384 g/mol. The molecule has 0 aliphatic rings. The van der Waals surface area contributed by atoms with Crippen LogP contribution in [0.3, 0.4) is 0 Å². The molecular weight excluding hydrogens is 363 g/mol. The van der Waals surface area contributed by atoms with Gasteiger partial charge >= 0.3 is 0 Å². The second-order valence-corrected chi connectivity index (χ2v) is 6.89. The van der Waals surface area contributed by atoms with Crippen LogP contribution >= 0.6 is 11.3 Å². The Hall–Kier alpha value is -2.73. The zero-order chi connectivity index (χ0) is 19.1. The van der Waals surface area contributed by atoms with Gasteiger partial charge in [0.2, 0.25) is 0 Å². The Morgan fingerprint density at radius 1 is 1.33 bits per heavy atom. The minimum absolute atomic E-state index is 0.0984. The molecule has 2 aromatic carbocycles. The number of hydrogen-bond donors (Lipinski definition) is 1. The third-order valence-corrected chi connectivity index (χ3v) is 4.88. The number of halogens is 1. The first-order valence-electron chi connectivity index (χ1n) is 8.82. The molecule has 0 atom stereocenters. The summed E-state index contributed by atoms with van der Waals surface area (Å²) in [7, 11) is 0. The predicted molar refractivity (Wildman–Crippen MR) is 107 cm³/mol. The van der Waals surface area contributed by atoms with Crippen molar-refractivity contribution in [2.75, 3.05) is 6.61 Å². The number of nitrogens with one attached hydrogen (secondary N) is 1. The van der Waals surface area contributed by atoms with Crippen LogP contribution in [0.1, 0.15) is 35.7 Å². The van der Waals surface area contributed by atoms with Gasteiger partial charge in [-0.05, 0) is 44.0 Å². The summed E-state index contributed by atoms with van der Waals surface area (Å²) in [5, 5.41) is 2.76. The molecule has 1 aromatic heterocycles. The second kappa shape index (κ2) is 9.28. The van der Waals surface area contributed by atoms with Crippen LogP contribution in [0.25, 0.3) is 10.2 Å². The first-order valence-corrected chi connectivity index (χ1v) is 9.70. The minimum atomic E-state index is -0.429. The summed E-state index contributed by atoms with van der Waals surface area (Å²) in [5.74, 6) is -0.461. The van der Waals surface area contributed by atoms with E-state index in [0.717, 1.165) is 23.1 Å². The smallest absolute Gasteiger partial charge is 0.251 e. The molecule has 4 nitrogen and oxygen atoms in total. The lowest BCUT2D eigenvalue weighted by molar-refractivity contribution is 0.0950. The molecule has 1 N–H and O–H groups in total. The zero-order valence-corrected chi connectivity index (χ0v) is 15.9. The summed E-state index contributed by atoms with van der Waals surface area (Å²) in [6.07, 6.45) is 5.76. The molecule has 0 aliphatic carbocycles. The van der Waals surface area contributed by atoms with Crippen molar-refractivity contribution in [2.24, 2.45) is 0 Å². The number of aromatic nitrogens is 1. The largest absolute Gasteiger partial charge is 0.490 e. The second-order valence-electron chi connectivity index (χ2n) is 6.01. The van der Waals surface area contributed by atoms with Crippen LogP contribution in [0.15, 0.2) is 54.1 Å². The maximum Gasteiger partial charge on any atom is 0.251 e. The van der Waals surface area contributed by atoms with Crippen molar-refractivity contribution >= 4 is 27.5 Å². The van der Waals surface area contributed by atoms with E-state index in [-0.39, 0.29) is 18.2 Å². The number of benzene rings is 2. The van der Waals surface area contributed by atoms with Gasteiger partial charge in [0.05, 0.1) is 22.3 Å². The van der Waals surface area contributed by atoms with Crippen LogP contribution in [0.5, 0.6) is 5.75 Å². The van der Waals surface area contributed by atoms with E-state index in [1.54, 1.807) is 35.8 Å². The Bertz CT molecular complexity index is 952. The number of unbranched alkanes of at least 4 members (excludes halogenated alkanes) is 1. The molecule has 0 unspecified atom stereocenters. The Labute approximate surface area is 161 Å². The van der Waals surface area contributed by atoms with Crippen molar-refractivity contribution in [1.82, 2.24) is 10.3 Å². The molecule has 0 saturated heterocycles. The van der Waals surface area contributed by atoms with Crippen LogP contribution in [0.4, 0.5) is 4.39 Å². The molecule has 0 spiro atoms. The molecule has 0 saturated carbocycles. The highest BCUT2D eigenvalue weighted by Crippen LogP contribution is 2.22. The van der Waals surface area contributed by atoms with Crippen LogP contribution in [0.2, 0.25) is 0 Å². The number of carbonyl (C=O) groups excluding carboxylic acids is 1. The van der Waals surface area contributed by atoms with E-state index in [2.05, 4.69) is 16.4 Å². The van der Waals surface area contributed by atoms with Gasteiger partial charge in [-0.25, -0.2) is 9.37 Å². The molecule has 3 rings (SSSR count). The molecular formula is C21H21FN2O2S. The molecule has 0 aliphatic heterocycles. The average Bonchev–Trinajstić information content (AvgIpc) is 3.15. The van der Waals surface area contributed by atoms with Gasteiger partial charge in [-0.2, -0.15) is 0 Å². The third kappa shape index (κ3) is 4.92. The number of fused-ring (bicyclic) bond motifs is 1. The van der Waals surface area contributed by atoms with Crippen LogP contribution < -0.4 is 10.1 Å². The number of carbonyl (C=O) groups is 1. The SMILES string of the molecule is CC=CCCCOc1cccc(CNC(=O)c2ccc3ncsc3c2)c1F. The highest BCUT2D eigenvalue weighted by atomic mass is 32.1. The Balaban J connectivity index is 1.59. The van der Waals surface area contributed by atoms with Crippen molar-refractivity contribution in [3.63, 3.8) is 0 Å². The Morgan fingerprint density at radius 3 is 3.07 bits per heavy atom. The average molecular weight is 384 g/mol. The molecule has 3 aromatic rings. The molecule has 1 amide bonds. The standard InChI is InChI=1S/C21H21FN2O2S/c1-2-3-4-5-11-26-18-8-6-7-16(20(18)22)13-23-21(25)15-9-10-17-19(12-15)27-14-24-17/h2-3,6-10,12,14H,4-5,11,13H2,1H3,(H,23,25). The lowest BCUT2D eigenvalue weighted by atomic mass is 10.1. The number of amides is 1. The molecule has 140 valence electrons. The van der Waals surface area contributed by atoms with Gasteiger partial charge in [0.1, 0.15) is 0 Å². The van der Waals surface area contributed by atoms with Gasteiger partial charge in [0.25, 0.3) is 5.91 Å². The summed E-state index contributed by atoms with van der Waals surface area (Å²) < 4.78 is 21.0. The van der Waals surface area contributed by atoms with Crippen LogP contribution in [0, 0.1) is 5.82 Å². The summed E-state index contributed by atoms with van der Waals surface area (Å²) in [4.78, 5) is 16.6. The molecule has 6 heteroatoms. The van der Waals surface area contributed by atoms with Crippen LogP contribution in [-0.4, -0.2) is 17.5 Å². The maximum atomic E-state index is 14.6. The molecule has 27 heavy (non-hydrogen) atoms. The number of nitrogens with zero attached hydrogens (tertiary/aromatic N) is 1. The van der Waals surface area contributed by atoms with Crippen molar-refractivity contribution in [1.29, 1.82) is 0 Å². The Kier molecular flexibility index (Phi) is 6.54. The lowest BCUT2D eigenvalue weighted by Gasteiger charge is -2.11. The van der Waals surface area contributed by atoms with Gasteiger partial charge < -0.3 is 10.1 Å². The number of thiazole rings is 1. The maximum absolute atomic E-state index is 14.6. The number of rotatable bonds is 8. The van der Waals surface area contributed by atoms with E-state index in [9.17, 15) is 9.18 Å². The van der Waals surface area contributed by atoms with Crippen LogP contribution in [-0.2, 0) is 6.54 Å². The first kappa shape index (κ1) is 19.0. The quantitative estimate of drug-likeness (QED) is 0.434. The van der Waals surface area contributed by atoms with Crippen molar-refractivity contribution < 1.29 is 13.9 Å². The van der Waals surface area contributed by atoms with Gasteiger partial charge in [-0.1, -0.05) is 24.3 Å². The number of ether oxygens (including phenoxy) is 1. The fraction of sp³-hybridized carbons (Fsp3) is 0.238. The van der Waals surface area contributed by atoms with Gasteiger partial charge in [-0.3, -0.25) is 4.79 Å².